The summed E-state index contributed by atoms with van der Waals surface area (Å²) in [6, 6.07) is 3.45. The van der Waals surface area contributed by atoms with Crippen molar-refractivity contribution < 1.29 is 9.59 Å². The standard InChI is InChI=1S/C17H26N6O2.HI/c1-19-17(23-9-3-4-13(12-23)10-15(18)24)22-8-7-21-16(25)14-5-2-6-20-11-14;/h2,5-6,11,13H,3-4,7-10,12H2,1H3,(H2,18,24)(H,19,22)(H,21,25);1H. The normalized spacial score (nSPS) is 17.2. The number of rotatable bonds is 6. The molecule has 0 aromatic carbocycles. The summed E-state index contributed by atoms with van der Waals surface area (Å²) in [4.78, 5) is 33.4. The largest absolute Gasteiger partial charge is 0.370 e. The van der Waals surface area contributed by atoms with Crippen molar-refractivity contribution in [1.29, 1.82) is 0 Å². The zero-order valence-electron chi connectivity index (χ0n) is 15.0. The minimum atomic E-state index is -0.257. The van der Waals surface area contributed by atoms with Crippen molar-refractivity contribution in [2.45, 2.75) is 19.3 Å². The number of carbonyl (C=O) groups is 2. The second-order valence-corrected chi connectivity index (χ2v) is 6.10. The Hall–Kier alpha value is -1.91. The van der Waals surface area contributed by atoms with E-state index in [-0.39, 0.29) is 41.7 Å². The monoisotopic (exact) mass is 474 g/mol. The van der Waals surface area contributed by atoms with Gasteiger partial charge in [0.15, 0.2) is 5.96 Å². The summed E-state index contributed by atoms with van der Waals surface area (Å²) in [5.41, 5.74) is 5.84. The predicted molar refractivity (Wildman–Crippen MR) is 111 cm³/mol. The Morgan fingerprint density at radius 2 is 2.15 bits per heavy atom. The van der Waals surface area contributed by atoms with Gasteiger partial charge in [-0.1, -0.05) is 0 Å². The van der Waals surface area contributed by atoms with Crippen LogP contribution in [-0.2, 0) is 4.79 Å². The first kappa shape index (κ1) is 22.1. The maximum Gasteiger partial charge on any atom is 0.252 e. The van der Waals surface area contributed by atoms with Crippen molar-refractivity contribution in [3.05, 3.63) is 30.1 Å². The molecule has 0 radical (unpaired) electrons. The first-order valence-electron chi connectivity index (χ1n) is 8.52. The molecule has 2 amide bonds. The van der Waals surface area contributed by atoms with Crippen molar-refractivity contribution in [3.63, 3.8) is 0 Å². The lowest BCUT2D eigenvalue weighted by Gasteiger charge is -2.34. The van der Waals surface area contributed by atoms with Crippen molar-refractivity contribution >= 4 is 41.8 Å². The highest BCUT2D eigenvalue weighted by atomic mass is 127. The molecular weight excluding hydrogens is 447 g/mol. The van der Waals surface area contributed by atoms with E-state index in [0.717, 1.165) is 31.9 Å². The van der Waals surface area contributed by atoms with E-state index in [2.05, 4.69) is 25.5 Å². The number of aromatic nitrogens is 1. The van der Waals surface area contributed by atoms with Crippen LogP contribution in [0.1, 0.15) is 29.6 Å². The lowest BCUT2D eigenvalue weighted by molar-refractivity contribution is -0.119. The molecule has 9 heteroatoms. The molecule has 1 aromatic rings. The van der Waals surface area contributed by atoms with E-state index in [1.165, 1.54) is 6.20 Å². The number of likely N-dealkylation sites (tertiary alicyclic amines) is 1. The number of amides is 2. The molecule has 26 heavy (non-hydrogen) atoms. The molecule has 0 aliphatic carbocycles. The number of guanidine groups is 1. The van der Waals surface area contributed by atoms with Crippen LogP contribution in [0.25, 0.3) is 0 Å². The second-order valence-electron chi connectivity index (χ2n) is 6.10. The summed E-state index contributed by atoms with van der Waals surface area (Å²) in [6.45, 7) is 2.71. The van der Waals surface area contributed by atoms with Gasteiger partial charge >= 0.3 is 0 Å². The Balaban J connectivity index is 0.00000338. The molecular formula is C17H27IN6O2. The highest BCUT2D eigenvalue weighted by Gasteiger charge is 2.23. The molecule has 8 nitrogen and oxygen atoms in total. The Morgan fingerprint density at radius 1 is 1.38 bits per heavy atom. The van der Waals surface area contributed by atoms with Crippen LogP contribution in [-0.4, -0.2) is 60.9 Å². The number of halogens is 1. The predicted octanol–water partition coefficient (Wildman–Crippen LogP) is 0.592. The molecule has 1 fully saturated rings. The Labute approximate surface area is 171 Å². The van der Waals surface area contributed by atoms with Crippen molar-refractivity contribution in [3.8, 4) is 0 Å². The fourth-order valence-corrected chi connectivity index (χ4v) is 2.99. The molecule has 4 N–H and O–H groups in total. The van der Waals surface area contributed by atoms with Gasteiger partial charge in [-0.05, 0) is 30.9 Å². The highest BCUT2D eigenvalue weighted by molar-refractivity contribution is 14.0. The van der Waals surface area contributed by atoms with Gasteiger partial charge < -0.3 is 21.3 Å². The van der Waals surface area contributed by atoms with Crippen molar-refractivity contribution in [1.82, 2.24) is 20.5 Å². The van der Waals surface area contributed by atoms with Gasteiger partial charge in [-0.15, -0.1) is 24.0 Å². The van der Waals surface area contributed by atoms with Gasteiger partial charge in [-0.3, -0.25) is 19.6 Å². The first-order valence-corrected chi connectivity index (χ1v) is 8.52. The summed E-state index contributed by atoms with van der Waals surface area (Å²) in [7, 11) is 1.73. The Kier molecular flexibility index (Phi) is 9.92. The Morgan fingerprint density at radius 3 is 2.81 bits per heavy atom. The average Bonchev–Trinajstić information content (AvgIpc) is 2.62. The number of piperidine rings is 1. The molecule has 1 aliphatic heterocycles. The lowest BCUT2D eigenvalue weighted by atomic mass is 9.95. The molecule has 1 aromatic heterocycles. The molecule has 0 spiro atoms. The van der Waals surface area contributed by atoms with Crippen molar-refractivity contribution in [2.24, 2.45) is 16.6 Å². The summed E-state index contributed by atoms with van der Waals surface area (Å²) < 4.78 is 0. The van der Waals surface area contributed by atoms with Crippen LogP contribution in [0.15, 0.2) is 29.5 Å². The van der Waals surface area contributed by atoms with Crippen LogP contribution >= 0.6 is 24.0 Å². The number of carbonyl (C=O) groups excluding carboxylic acids is 2. The molecule has 2 rings (SSSR count). The van der Waals surface area contributed by atoms with Gasteiger partial charge in [0.25, 0.3) is 5.91 Å². The maximum absolute atomic E-state index is 11.9. The van der Waals surface area contributed by atoms with Gasteiger partial charge in [0, 0.05) is 52.0 Å². The minimum absolute atomic E-state index is 0. The van der Waals surface area contributed by atoms with E-state index in [0.29, 0.717) is 25.1 Å². The topological polar surface area (TPSA) is 113 Å². The third-order valence-electron chi connectivity index (χ3n) is 4.14. The number of hydrogen-bond donors (Lipinski definition) is 3. The summed E-state index contributed by atoms with van der Waals surface area (Å²) in [5, 5.41) is 6.09. The van der Waals surface area contributed by atoms with E-state index in [4.69, 9.17) is 5.73 Å². The quantitative estimate of drug-likeness (QED) is 0.242. The zero-order valence-corrected chi connectivity index (χ0v) is 17.3. The fraction of sp³-hybridized carbons (Fsp3) is 0.529. The third-order valence-corrected chi connectivity index (χ3v) is 4.14. The van der Waals surface area contributed by atoms with Gasteiger partial charge in [0.1, 0.15) is 0 Å². The number of hydrogen-bond acceptors (Lipinski definition) is 4. The zero-order chi connectivity index (χ0) is 18.1. The van der Waals surface area contributed by atoms with Crippen molar-refractivity contribution in [2.75, 3.05) is 33.2 Å². The molecule has 1 saturated heterocycles. The first-order chi connectivity index (χ1) is 12.1. The lowest BCUT2D eigenvalue weighted by Crippen LogP contribution is -2.48. The third kappa shape index (κ3) is 7.14. The molecule has 1 unspecified atom stereocenters. The van der Waals surface area contributed by atoms with E-state index in [1.54, 1.807) is 25.4 Å². The Bertz CT molecular complexity index is 611. The van der Waals surface area contributed by atoms with Crippen LogP contribution < -0.4 is 16.4 Å². The van der Waals surface area contributed by atoms with E-state index < -0.39 is 0 Å². The number of nitrogens with one attached hydrogen (secondary N) is 2. The van der Waals surface area contributed by atoms with E-state index in [1.807, 2.05) is 0 Å². The van der Waals surface area contributed by atoms with Crippen LogP contribution in [0.4, 0.5) is 0 Å². The number of pyridine rings is 1. The molecule has 1 aliphatic rings. The molecule has 1 atom stereocenters. The second kappa shape index (κ2) is 11.7. The number of nitrogens with two attached hydrogens (primary N) is 1. The smallest absolute Gasteiger partial charge is 0.252 e. The van der Waals surface area contributed by atoms with Crippen LogP contribution in [0.3, 0.4) is 0 Å². The molecule has 0 bridgehead atoms. The van der Waals surface area contributed by atoms with Crippen LogP contribution in [0, 0.1) is 5.92 Å². The summed E-state index contributed by atoms with van der Waals surface area (Å²) >= 11 is 0. The number of aliphatic imine (C=N–C) groups is 1. The van der Waals surface area contributed by atoms with Crippen LogP contribution in [0.2, 0.25) is 0 Å². The SMILES string of the molecule is CN=C(NCCNC(=O)c1cccnc1)N1CCCC(CC(N)=O)C1.I. The minimum Gasteiger partial charge on any atom is -0.370 e. The molecule has 144 valence electrons. The fourth-order valence-electron chi connectivity index (χ4n) is 2.99. The van der Waals surface area contributed by atoms with Gasteiger partial charge in [0.2, 0.25) is 5.91 Å². The summed E-state index contributed by atoms with van der Waals surface area (Å²) in [6.07, 6.45) is 5.60. The maximum atomic E-state index is 11.9. The summed E-state index contributed by atoms with van der Waals surface area (Å²) in [5.74, 6) is 0.650. The van der Waals surface area contributed by atoms with Gasteiger partial charge in [-0.2, -0.15) is 0 Å². The molecule has 2 heterocycles. The van der Waals surface area contributed by atoms with E-state index >= 15 is 0 Å². The number of primary amides is 1. The number of nitrogens with zero attached hydrogens (tertiary/aromatic N) is 3. The molecule has 0 saturated carbocycles. The van der Waals surface area contributed by atoms with Crippen LogP contribution in [0.5, 0.6) is 0 Å². The average molecular weight is 474 g/mol. The van der Waals surface area contributed by atoms with Gasteiger partial charge in [0.05, 0.1) is 5.56 Å². The van der Waals surface area contributed by atoms with Gasteiger partial charge in [-0.25, -0.2) is 0 Å². The highest BCUT2D eigenvalue weighted by Crippen LogP contribution is 2.19. The van der Waals surface area contributed by atoms with E-state index in [9.17, 15) is 9.59 Å².